The first-order chi connectivity index (χ1) is 18.1. The first kappa shape index (κ1) is 28.6. The van der Waals surface area contributed by atoms with E-state index in [1.165, 1.54) is 0 Å². The summed E-state index contributed by atoms with van der Waals surface area (Å²) in [6.07, 6.45) is 11.3. The number of primary amides is 1. The van der Waals surface area contributed by atoms with Crippen molar-refractivity contribution in [2.75, 3.05) is 11.9 Å². The van der Waals surface area contributed by atoms with E-state index in [4.69, 9.17) is 5.73 Å². The van der Waals surface area contributed by atoms with Gasteiger partial charge in [0.05, 0.1) is 16.8 Å². The summed E-state index contributed by atoms with van der Waals surface area (Å²) in [7, 11) is -3.57. The molecule has 10 heteroatoms. The predicted octanol–water partition coefficient (Wildman–Crippen LogP) is 2.88. The number of carbonyl (C=O) groups is 2. The summed E-state index contributed by atoms with van der Waals surface area (Å²) < 4.78 is 26.0. The molecule has 3 fully saturated rings. The van der Waals surface area contributed by atoms with Crippen molar-refractivity contribution in [3.8, 4) is 0 Å². The molecule has 3 aliphatic rings. The van der Waals surface area contributed by atoms with Crippen molar-refractivity contribution in [3.63, 3.8) is 0 Å². The van der Waals surface area contributed by atoms with Crippen LogP contribution in [0.15, 0.2) is 42.5 Å². The molecule has 0 radical (unpaired) electrons. The second-order valence-electron chi connectivity index (χ2n) is 11.3. The molecule has 4 rings (SSSR count). The quantitative estimate of drug-likeness (QED) is 0.196. The van der Waals surface area contributed by atoms with Gasteiger partial charge in [-0.15, -0.1) is 0 Å². The Morgan fingerprint density at radius 2 is 1.95 bits per heavy atom. The largest absolute Gasteiger partial charge is 0.378 e. The topological polar surface area (TPSA) is 142 Å². The van der Waals surface area contributed by atoms with Crippen LogP contribution in [0.3, 0.4) is 0 Å². The molecule has 1 aromatic rings. The third-order valence-electron chi connectivity index (χ3n) is 8.23. The molecule has 1 aromatic carbocycles. The van der Waals surface area contributed by atoms with Crippen molar-refractivity contribution in [3.05, 3.63) is 42.5 Å². The van der Waals surface area contributed by atoms with Gasteiger partial charge in [0.1, 0.15) is 6.23 Å². The van der Waals surface area contributed by atoms with E-state index in [0.29, 0.717) is 32.2 Å². The zero-order valence-corrected chi connectivity index (χ0v) is 23.0. The summed E-state index contributed by atoms with van der Waals surface area (Å²) in [5, 5.41) is 14.6. The molecule has 1 heterocycles. The molecule has 9 nitrogen and oxygen atoms in total. The molecule has 1 aliphatic heterocycles. The molecule has 2 amide bonds. The molecule has 2 aliphatic carbocycles. The molecule has 210 valence electrons. The molecule has 5 N–H and O–H groups in total. The highest BCUT2D eigenvalue weighted by Gasteiger charge is 2.52. The van der Waals surface area contributed by atoms with Gasteiger partial charge < -0.3 is 16.2 Å². The predicted molar refractivity (Wildman–Crippen MR) is 147 cm³/mol. The Kier molecular flexibility index (Phi) is 9.15. The average Bonchev–Trinajstić information content (AvgIpc) is 3.78. The molecule has 38 heavy (non-hydrogen) atoms. The fourth-order valence-corrected chi connectivity index (χ4v) is 6.57. The van der Waals surface area contributed by atoms with E-state index >= 15 is 0 Å². The minimum atomic E-state index is -3.57. The highest BCUT2D eigenvalue weighted by Crippen LogP contribution is 2.44. The van der Waals surface area contributed by atoms with Gasteiger partial charge in [-0.25, -0.2) is 8.42 Å². The molecule has 5 atom stereocenters. The molecule has 0 aromatic heterocycles. The van der Waals surface area contributed by atoms with Crippen LogP contribution in [0, 0.1) is 11.8 Å². The van der Waals surface area contributed by atoms with E-state index in [9.17, 15) is 23.1 Å². The lowest BCUT2D eigenvalue weighted by atomic mass is 10.0. The van der Waals surface area contributed by atoms with E-state index in [0.717, 1.165) is 44.2 Å². The molecule has 0 spiro atoms. The minimum absolute atomic E-state index is 0.116. The molecular weight excluding hydrogens is 504 g/mol. The Morgan fingerprint density at radius 3 is 2.63 bits per heavy atom. The maximum atomic E-state index is 12.3. The van der Waals surface area contributed by atoms with Crippen molar-refractivity contribution in [2.24, 2.45) is 17.6 Å². The first-order valence-electron chi connectivity index (χ1n) is 13.9. The SMILES string of the molecule is CC1(S(=O)(=O)NC(=O)[C@H]2C[C@H]2/C=C\CCCCC[C@H](Nc2ccccc2)C(O)N2CCC[C@H]2C(N)=O)CC1. The number of carbonyl (C=O) groups excluding carboxylic acids is 2. The number of likely N-dealkylation sites (tertiary alicyclic amines) is 1. The van der Waals surface area contributed by atoms with Gasteiger partial charge in [0.25, 0.3) is 0 Å². The lowest BCUT2D eigenvalue weighted by Crippen LogP contribution is -2.52. The van der Waals surface area contributed by atoms with Crippen molar-refractivity contribution >= 4 is 27.5 Å². The van der Waals surface area contributed by atoms with Gasteiger partial charge in [-0.05, 0) is 76.3 Å². The van der Waals surface area contributed by atoms with Crippen LogP contribution in [-0.4, -0.2) is 59.8 Å². The van der Waals surface area contributed by atoms with Crippen LogP contribution in [0.4, 0.5) is 5.69 Å². The van der Waals surface area contributed by atoms with E-state index in [1.807, 2.05) is 41.3 Å². The Balaban J connectivity index is 1.18. The molecule has 2 saturated carbocycles. The number of unbranched alkanes of at least 4 members (excludes halogenated alkanes) is 3. The van der Waals surface area contributed by atoms with E-state index in [-0.39, 0.29) is 29.7 Å². The van der Waals surface area contributed by atoms with Crippen LogP contribution in [0.25, 0.3) is 0 Å². The second kappa shape index (κ2) is 12.2. The lowest BCUT2D eigenvalue weighted by Gasteiger charge is -2.34. The number of nitrogens with one attached hydrogen (secondary N) is 2. The normalized spacial score (nSPS) is 26.1. The highest BCUT2D eigenvalue weighted by molar-refractivity contribution is 7.91. The number of nitrogens with zero attached hydrogens (tertiary/aromatic N) is 1. The number of hydrogen-bond donors (Lipinski definition) is 4. The summed E-state index contributed by atoms with van der Waals surface area (Å²) in [5.74, 6) is -0.893. The number of rotatable bonds is 15. The summed E-state index contributed by atoms with van der Waals surface area (Å²) >= 11 is 0. The Hall–Kier alpha value is -2.43. The van der Waals surface area contributed by atoms with Gasteiger partial charge >= 0.3 is 0 Å². The Bertz CT molecular complexity index is 1110. The first-order valence-corrected chi connectivity index (χ1v) is 15.4. The van der Waals surface area contributed by atoms with E-state index in [1.54, 1.807) is 6.92 Å². The number of anilines is 1. The highest BCUT2D eigenvalue weighted by atomic mass is 32.2. The van der Waals surface area contributed by atoms with Crippen molar-refractivity contribution in [1.82, 2.24) is 9.62 Å². The number of aliphatic hydroxyl groups excluding tert-OH is 1. The molecule has 1 unspecified atom stereocenters. The van der Waals surface area contributed by atoms with Crippen molar-refractivity contribution in [1.29, 1.82) is 0 Å². The standard InChI is InChI=1S/C28H42N4O5S/c1-28(16-17-28)38(36,37)31-26(34)22-19-20(22)11-6-3-2-4-9-14-23(30-21-12-7-5-8-13-21)27(35)32-18-10-15-24(32)25(29)33/h5-8,11-13,20,22-24,27,30,35H,2-4,9-10,14-19H2,1H3,(H2,29,33)(H,31,34)/b11-6-/t20-,22+,23+,24+,27?/m1/s1. The van der Waals surface area contributed by atoms with Gasteiger partial charge in [-0.1, -0.05) is 43.2 Å². The molecule has 0 bridgehead atoms. The van der Waals surface area contributed by atoms with Crippen molar-refractivity contribution < 1.29 is 23.1 Å². The molecule has 1 saturated heterocycles. The number of nitrogens with two attached hydrogens (primary N) is 1. The minimum Gasteiger partial charge on any atom is -0.378 e. The van der Waals surface area contributed by atoms with Crippen LogP contribution in [0.2, 0.25) is 0 Å². The monoisotopic (exact) mass is 546 g/mol. The third kappa shape index (κ3) is 7.15. The van der Waals surface area contributed by atoms with Crippen molar-refractivity contribution in [2.45, 2.75) is 94.2 Å². The van der Waals surface area contributed by atoms with Gasteiger partial charge in [0.2, 0.25) is 21.8 Å². The number of para-hydroxylation sites is 1. The number of sulfonamides is 1. The van der Waals surface area contributed by atoms with E-state index in [2.05, 4.69) is 16.1 Å². The zero-order chi connectivity index (χ0) is 27.3. The fraction of sp³-hybridized carbons (Fsp3) is 0.643. The van der Waals surface area contributed by atoms with Crippen LogP contribution >= 0.6 is 0 Å². The summed E-state index contributed by atoms with van der Waals surface area (Å²) in [4.78, 5) is 26.0. The van der Waals surface area contributed by atoms with Crippen LogP contribution < -0.4 is 15.8 Å². The number of aliphatic hydroxyl groups is 1. The van der Waals surface area contributed by atoms with Gasteiger partial charge in [-0.3, -0.25) is 19.2 Å². The smallest absolute Gasteiger partial charge is 0.240 e. The zero-order valence-electron chi connectivity index (χ0n) is 22.2. The second-order valence-corrected chi connectivity index (χ2v) is 13.5. The number of benzene rings is 1. The fourth-order valence-electron chi connectivity index (χ4n) is 5.27. The number of allylic oxidation sites excluding steroid dienone is 2. The maximum Gasteiger partial charge on any atom is 0.240 e. The van der Waals surface area contributed by atoms with Gasteiger partial charge in [0.15, 0.2) is 0 Å². The Labute approximate surface area is 226 Å². The third-order valence-corrected chi connectivity index (χ3v) is 10.4. The van der Waals surface area contributed by atoms with E-state index < -0.39 is 27.0 Å². The van der Waals surface area contributed by atoms with Crippen LogP contribution in [-0.2, 0) is 19.6 Å². The van der Waals surface area contributed by atoms with Crippen LogP contribution in [0.5, 0.6) is 0 Å². The molecular formula is C28H42N4O5S. The maximum absolute atomic E-state index is 12.3. The summed E-state index contributed by atoms with van der Waals surface area (Å²) in [6, 6.07) is 9.11. The lowest BCUT2D eigenvalue weighted by molar-refractivity contribution is -0.126. The number of amides is 2. The number of hydrogen-bond acceptors (Lipinski definition) is 7. The van der Waals surface area contributed by atoms with Gasteiger partial charge in [-0.2, -0.15) is 0 Å². The van der Waals surface area contributed by atoms with Gasteiger partial charge in [0, 0.05) is 18.2 Å². The Morgan fingerprint density at radius 1 is 1.21 bits per heavy atom. The van der Waals surface area contributed by atoms with Crippen LogP contribution in [0.1, 0.15) is 71.1 Å². The summed E-state index contributed by atoms with van der Waals surface area (Å²) in [5.41, 5.74) is 6.50. The average molecular weight is 547 g/mol. The summed E-state index contributed by atoms with van der Waals surface area (Å²) in [6.45, 7) is 2.33.